The van der Waals surface area contributed by atoms with Gasteiger partial charge >= 0.3 is 0 Å². The quantitative estimate of drug-likeness (QED) is 0.777. The highest BCUT2D eigenvalue weighted by molar-refractivity contribution is 5.40. The lowest BCUT2D eigenvalue weighted by molar-refractivity contribution is 0.558. The van der Waals surface area contributed by atoms with Gasteiger partial charge in [0.2, 0.25) is 5.95 Å². The van der Waals surface area contributed by atoms with Crippen LogP contribution in [0.5, 0.6) is 0 Å². The van der Waals surface area contributed by atoms with E-state index in [0.717, 1.165) is 18.8 Å². The van der Waals surface area contributed by atoms with Crippen molar-refractivity contribution in [3.05, 3.63) is 12.3 Å². The molecule has 0 amide bonds. The molecule has 0 spiro atoms. The standard InChI is InChI=1S/C12H22N4/c1-5-7-13-12-14-8-6-11(16-12)15-10(4)9(2)3/h6,8-10H,5,7H2,1-4H3,(H2,13,14,15,16). The average Bonchev–Trinajstić information content (AvgIpc) is 2.26. The molecule has 1 atom stereocenters. The first kappa shape index (κ1) is 12.7. The van der Waals surface area contributed by atoms with Gasteiger partial charge in [0.05, 0.1) is 0 Å². The number of aromatic nitrogens is 2. The summed E-state index contributed by atoms with van der Waals surface area (Å²) in [7, 11) is 0. The van der Waals surface area contributed by atoms with Crippen molar-refractivity contribution in [3.8, 4) is 0 Å². The van der Waals surface area contributed by atoms with Crippen LogP contribution in [0.2, 0.25) is 0 Å². The van der Waals surface area contributed by atoms with Crippen molar-refractivity contribution in [2.75, 3.05) is 17.2 Å². The third-order valence-corrected chi connectivity index (χ3v) is 2.56. The second kappa shape index (κ2) is 6.30. The van der Waals surface area contributed by atoms with Crippen LogP contribution in [-0.4, -0.2) is 22.6 Å². The Kier molecular flexibility index (Phi) is 5.02. The maximum atomic E-state index is 4.40. The molecule has 2 N–H and O–H groups in total. The van der Waals surface area contributed by atoms with E-state index < -0.39 is 0 Å². The van der Waals surface area contributed by atoms with Gasteiger partial charge in [-0.1, -0.05) is 20.8 Å². The van der Waals surface area contributed by atoms with Crippen molar-refractivity contribution >= 4 is 11.8 Å². The summed E-state index contributed by atoms with van der Waals surface area (Å²) in [6, 6.07) is 2.31. The van der Waals surface area contributed by atoms with Crippen LogP contribution in [0.25, 0.3) is 0 Å². The van der Waals surface area contributed by atoms with Gasteiger partial charge < -0.3 is 10.6 Å². The minimum absolute atomic E-state index is 0.411. The molecule has 1 aromatic heterocycles. The topological polar surface area (TPSA) is 49.8 Å². The third-order valence-electron chi connectivity index (χ3n) is 2.56. The smallest absolute Gasteiger partial charge is 0.224 e. The van der Waals surface area contributed by atoms with Crippen LogP contribution in [0.15, 0.2) is 12.3 Å². The zero-order valence-corrected chi connectivity index (χ0v) is 10.6. The second-order valence-corrected chi connectivity index (χ2v) is 4.37. The number of hydrogen-bond donors (Lipinski definition) is 2. The van der Waals surface area contributed by atoms with E-state index in [-0.39, 0.29) is 0 Å². The normalized spacial score (nSPS) is 12.6. The number of nitrogens with zero attached hydrogens (tertiary/aromatic N) is 2. The van der Waals surface area contributed by atoms with Crippen molar-refractivity contribution in [2.24, 2.45) is 5.92 Å². The molecule has 16 heavy (non-hydrogen) atoms. The summed E-state index contributed by atoms with van der Waals surface area (Å²) in [5.74, 6) is 2.17. The molecule has 0 aliphatic rings. The number of anilines is 2. The Morgan fingerprint density at radius 3 is 2.69 bits per heavy atom. The van der Waals surface area contributed by atoms with E-state index in [1.807, 2.05) is 6.07 Å². The van der Waals surface area contributed by atoms with Gasteiger partial charge in [-0.2, -0.15) is 4.98 Å². The van der Waals surface area contributed by atoms with E-state index in [1.165, 1.54) is 0 Å². The minimum Gasteiger partial charge on any atom is -0.367 e. The van der Waals surface area contributed by atoms with Gasteiger partial charge in [0, 0.05) is 18.8 Å². The van der Waals surface area contributed by atoms with Crippen LogP contribution < -0.4 is 10.6 Å². The summed E-state index contributed by atoms with van der Waals surface area (Å²) in [5.41, 5.74) is 0. The molecular weight excluding hydrogens is 200 g/mol. The van der Waals surface area contributed by atoms with Crippen LogP contribution in [-0.2, 0) is 0 Å². The summed E-state index contributed by atoms with van der Waals surface area (Å²) in [6.07, 6.45) is 2.85. The summed E-state index contributed by atoms with van der Waals surface area (Å²) >= 11 is 0. The molecule has 0 bridgehead atoms. The van der Waals surface area contributed by atoms with Crippen molar-refractivity contribution in [1.29, 1.82) is 0 Å². The van der Waals surface area contributed by atoms with Crippen LogP contribution in [0.4, 0.5) is 11.8 Å². The second-order valence-electron chi connectivity index (χ2n) is 4.37. The van der Waals surface area contributed by atoms with Gasteiger partial charge in [-0.15, -0.1) is 0 Å². The predicted octanol–water partition coefficient (Wildman–Crippen LogP) is 2.75. The molecule has 0 aliphatic heterocycles. The molecule has 0 saturated heterocycles. The van der Waals surface area contributed by atoms with E-state index in [0.29, 0.717) is 17.9 Å². The van der Waals surface area contributed by atoms with Crippen molar-refractivity contribution < 1.29 is 0 Å². The first-order valence-electron chi connectivity index (χ1n) is 5.97. The van der Waals surface area contributed by atoms with Crippen molar-refractivity contribution in [3.63, 3.8) is 0 Å². The van der Waals surface area contributed by atoms with E-state index in [1.54, 1.807) is 6.20 Å². The molecule has 1 heterocycles. The first-order valence-corrected chi connectivity index (χ1v) is 5.97. The molecular formula is C12H22N4. The summed E-state index contributed by atoms with van der Waals surface area (Å²) < 4.78 is 0. The lowest BCUT2D eigenvalue weighted by Crippen LogP contribution is -2.22. The molecule has 4 heteroatoms. The lowest BCUT2D eigenvalue weighted by Gasteiger charge is -2.18. The molecule has 1 rings (SSSR count). The van der Waals surface area contributed by atoms with Gasteiger partial charge in [0.1, 0.15) is 5.82 Å². The van der Waals surface area contributed by atoms with E-state index in [4.69, 9.17) is 0 Å². The van der Waals surface area contributed by atoms with Gasteiger partial charge in [0.15, 0.2) is 0 Å². The van der Waals surface area contributed by atoms with E-state index in [9.17, 15) is 0 Å². The van der Waals surface area contributed by atoms with Crippen LogP contribution in [0, 0.1) is 5.92 Å². The molecule has 0 saturated carbocycles. The Hall–Kier alpha value is -1.32. The van der Waals surface area contributed by atoms with Crippen molar-refractivity contribution in [1.82, 2.24) is 9.97 Å². The van der Waals surface area contributed by atoms with E-state index in [2.05, 4.69) is 48.3 Å². The SMILES string of the molecule is CCCNc1nccc(NC(C)C(C)C)n1. The maximum absolute atomic E-state index is 4.40. The Morgan fingerprint density at radius 2 is 2.06 bits per heavy atom. The average molecular weight is 222 g/mol. The highest BCUT2D eigenvalue weighted by atomic mass is 15.1. The zero-order valence-electron chi connectivity index (χ0n) is 10.6. The molecule has 0 fully saturated rings. The molecule has 90 valence electrons. The molecule has 0 aliphatic carbocycles. The minimum atomic E-state index is 0.411. The number of hydrogen-bond acceptors (Lipinski definition) is 4. The van der Waals surface area contributed by atoms with Crippen LogP contribution in [0.1, 0.15) is 34.1 Å². The Bertz CT molecular complexity index is 312. The fourth-order valence-electron chi connectivity index (χ4n) is 1.16. The van der Waals surface area contributed by atoms with Gasteiger partial charge in [-0.3, -0.25) is 0 Å². The number of nitrogens with one attached hydrogen (secondary N) is 2. The van der Waals surface area contributed by atoms with Crippen LogP contribution in [0.3, 0.4) is 0 Å². The third kappa shape index (κ3) is 4.04. The molecule has 1 aromatic rings. The lowest BCUT2D eigenvalue weighted by atomic mass is 10.1. The highest BCUT2D eigenvalue weighted by Crippen LogP contribution is 2.11. The van der Waals surface area contributed by atoms with E-state index >= 15 is 0 Å². The summed E-state index contributed by atoms with van der Waals surface area (Å²) in [4.78, 5) is 8.57. The zero-order chi connectivity index (χ0) is 12.0. The molecule has 1 unspecified atom stereocenters. The molecule has 4 nitrogen and oxygen atoms in total. The summed E-state index contributed by atoms with van der Waals surface area (Å²) in [5, 5.41) is 6.54. The molecule has 0 aromatic carbocycles. The van der Waals surface area contributed by atoms with Gasteiger partial charge in [-0.25, -0.2) is 4.98 Å². The van der Waals surface area contributed by atoms with Gasteiger partial charge in [-0.05, 0) is 25.3 Å². The summed E-state index contributed by atoms with van der Waals surface area (Å²) in [6.45, 7) is 9.56. The fraction of sp³-hybridized carbons (Fsp3) is 0.667. The monoisotopic (exact) mass is 222 g/mol. The Morgan fingerprint density at radius 1 is 1.31 bits per heavy atom. The van der Waals surface area contributed by atoms with Crippen molar-refractivity contribution in [2.45, 2.75) is 40.2 Å². The Balaban J connectivity index is 2.59. The largest absolute Gasteiger partial charge is 0.367 e. The fourth-order valence-corrected chi connectivity index (χ4v) is 1.16. The van der Waals surface area contributed by atoms with Gasteiger partial charge in [0.25, 0.3) is 0 Å². The molecule has 0 radical (unpaired) electrons. The first-order chi connectivity index (χ1) is 7.63. The van der Waals surface area contributed by atoms with Crippen LogP contribution >= 0.6 is 0 Å². The predicted molar refractivity (Wildman–Crippen MR) is 68.7 cm³/mol. The Labute approximate surface area is 97.9 Å². The highest BCUT2D eigenvalue weighted by Gasteiger charge is 2.07. The maximum Gasteiger partial charge on any atom is 0.224 e. The number of rotatable bonds is 6.